The van der Waals surface area contributed by atoms with Crippen molar-refractivity contribution in [2.24, 2.45) is 5.10 Å². The molecule has 96 valence electrons. The molecule has 1 aromatic carbocycles. The van der Waals surface area contributed by atoms with E-state index in [0.717, 1.165) is 15.4 Å². The lowest BCUT2D eigenvalue weighted by atomic mass is 10.3. The molecular weight excluding hydrogens is 258 g/mol. The van der Waals surface area contributed by atoms with Gasteiger partial charge in [0.1, 0.15) is 13.0 Å². The Morgan fingerprint density at radius 3 is 2.68 bits per heavy atom. The van der Waals surface area contributed by atoms with Crippen molar-refractivity contribution in [2.75, 3.05) is 11.7 Å². The van der Waals surface area contributed by atoms with Gasteiger partial charge in [-0.25, -0.2) is 5.01 Å². The molecule has 1 amide bonds. The molecule has 0 fully saturated rings. The molecule has 0 saturated carbocycles. The molecule has 2 heterocycles. The van der Waals surface area contributed by atoms with Gasteiger partial charge in [-0.15, -0.1) is 11.3 Å². The maximum Gasteiger partial charge on any atom is 0.270 e. The fraction of sp³-hybridized carbons (Fsp3) is 0.143. The molecule has 1 aromatic heterocycles. The smallest absolute Gasteiger partial charge is 0.270 e. The fourth-order valence-corrected chi connectivity index (χ4v) is 2.72. The maximum absolute atomic E-state index is 12.3. The second kappa shape index (κ2) is 4.85. The first kappa shape index (κ1) is 11.9. The van der Waals surface area contributed by atoms with Crippen LogP contribution in [0.2, 0.25) is 0 Å². The molecule has 0 unspecified atom stereocenters. The minimum Gasteiger partial charge on any atom is -0.276 e. The molecule has 0 bridgehead atoms. The molecule has 2 aromatic rings. The van der Waals surface area contributed by atoms with E-state index in [1.165, 1.54) is 11.3 Å². The Labute approximate surface area is 115 Å². The molecule has 0 atom stereocenters. The van der Waals surface area contributed by atoms with Crippen LogP contribution in [0, 0.1) is 6.92 Å². The van der Waals surface area contributed by atoms with Gasteiger partial charge in [-0.2, -0.15) is 5.10 Å². The SMILES string of the molecule is Cc1ccc(C(=O)N2C=NN(c3ccccc3)C2)s1. The second-order valence-corrected chi connectivity index (χ2v) is 5.58. The van der Waals surface area contributed by atoms with Gasteiger partial charge in [0.25, 0.3) is 5.91 Å². The lowest BCUT2D eigenvalue weighted by Gasteiger charge is -2.17. The van der Waals surface area contributed by atoms with Gasteiger partial charge in [0, 0.05) is 4.88 Å². The third-order valence-corrected chi connectivity index (χ3v) is 3.87. The third-order valence-electron chi connectivity index (χ3n) is 2.88. The van der Waals surface area contributed by atoms with Crippen LogP contribution in [0.1, 0.15) is 14.5 Å². The number of para-hydroxylation sites is 1. The highest BCUT2D eigenvalue weighted by Crippen LogP contribution is 2.21. The molecule has 0 spiro atoms. The van der Waals surface area contributed by atoms with Crippen LogP contribution in [0.5, 0.6) is 0 Å². The highest BCUT2D eigenvalue weighted by Gasteiger charge is 2.23. The number of hydrogen-bond donors (Lipinski definition) is 0. The average Bonchev–Trinajstić information content (AvgIpc) is 3.08. The summed E-state index contributed by atoms with van der Waals surface area (Å²) in [6.07, 6.45) is 1.59. The third kappa shape index (κ3) is 2.37. The van der Waals surface area contributed by atoms with Crippen LogP contribution in [-0.2, 0) is 0 Å². The van der Waals surface area contributed by atoms with Crippen molar-refractivity contribution < 1.29 is 4.79 Å². The number of hydrogen-bond acceptors (Lipinski definition) is 4. The van der Waals surface area contributed by atoms with Crippen LogP contribution >= 0.6 is 11.3 Å². The first-order valence-corrected chi connectivity index (χ1v) is 6.80. The van der Waals surface area contributed by atoms with Crippen molar-refractivity contribution in [2.45, 2.75) is 6.92 Å². The average molecular weight is 271 g/mol. The Balaban J connectivity index is 1.73. The number of hydrazone groups is 1. The van der Waals surface area contributed by atoms with E-state index in [0.29, 0.717) is 6.67 Å². The number of carbonyl (C=O) groups excluding carboxylic acids is 1. The zero-order valence-electron chi connectivity index (χ0n) is 10.5. The summed E-state index contributed by atoms with van der Waals surface area (Å²) in [6, 6.07) is 13.6. The lowest BCUT2D eigenvalue weighted by molar-refractivity contribution is 0.0865. The van der Waals surface area contributed by atoms with E-state index >= 15 is 0 Å². The molecule has 5 heteroatoms. The predicted octanol–water partition coefficient (Wildman–Crippen LogP) is 2.92. The van der Waals surface area contributed by atoms with E-state index in [2.05, 4.69) is 5.10 Å². The topological polar surface area (TPSA) is 35.9 Å². The number of anilines is 1. The number of thiophene rings is 1. The van der Waals surface area contributed by atoms with Gasteiger partial charge >= 0.3 is 0 Å². The lowest BCUT2D eigenvalue weighted by Crippen LogP contribution is -2.31. The van der Waals surface area contributed by atoms with E-state index < -0.39 is 0 Å². The Morgan fingerprint density at radius 2 is 2.00 bits per heavy atom. The summed E-state index contributed by atoms with van der Waals surface area (Å²) in [7, 11) is 0. The quantitative estimate of drug-likeness (QED) is 0.842. The number of rotatable bonds is 2. The molecular formula is C14H13N3OS. The monoisotopic (exact) mass is 271 g/mol. The summed E-state index contributed by atoms with van der Waals surface area (Å²) in [6.45, 7) is 2.45. The molecule has 0 radical (unpaired) electrons. The summed E-state index contributed by atoms with van der Waals surface area (Å²) < 4.78 is 0. The molecule has 0 N–H and O–H groups in total. The Morgan fingerprint density at radius 1 is 1.21 bits per heavy atom. The highest BCUT2D eigenvalue weighted by molar-refractivity contribution is 7.13. The van der Waals surface area contributed by atoms with E-state index in [1.54, 1.807) is 16.2 Å². The molecule has 19 heavy (non-hydrogen) atoms. The molecule has 0 saturated heterocycles. The molecule has 1 aliphatic heterocycles. The fourth-order valence-electron chi connectivity index (χ4n) is 1.90. The van der Waals surface area contributed by atoms with Crippen molar-refractivity contribution in [1.82, 2.24) is 4.90 Å². The molecule has 4 nitrogen and oxygen atoms in total. The van der Waals surface area contributed by atoms with Crippen LogP contribution < -0.4 is 5.01 Å². The zero-order valence-corrected chi connectivity index (χ0v) is 11.3. The number of benzene rings is 1. The Hall–Kier alpha value is -2.14. The predicted molar refractivity (Wildman–Crippen MR) is 77.5 cm³/mol. The van der Waals surface area contributed by atoms with E-state index in [1.807, 2.05) is 49.4 Å². The molecule has 1 aliphatic rings. The van der Waals surface area contributed by atoms with Crippen LogP contribution in [0.15, 0.2) is 47.6 Å². The van der Waals surface area contributed by atoms with Crippen molar-refractivity contribution in [3.05, 3.63) is 52.2 Å². The summed E-state index contributed by atoms with van der Waals surface area (Å²) in [5, 5.41) is 6.06. The summed E-state index contributed by atoms with van der Waals surface area (Å²) in [4.78, 5) is 15.8. The zero-order chi connectivity index (χ0) is 13.2. The number of amides is 1. The normalized spacial score (nSPS) is 14.2. The van der Waals surface area contributed by atoms with Gasteiger partial charge < -0.3 is 0 Å². The van der Waals surface area contributed by atoms with Crippen LogP contribution in [-0.4, -0.2) is 23.8 Å². The van der Waals surface area contributed by atoms with Crippen LogP contribution in [0.25, 0.3) is 0 Å². The van der Waals surface area contributed by atoms with Crippen LogP contribution in [0.4, 0.5) is 5.69 Å². The van der Waals surface area contributed by atoms with Crippen molar-refractivity contribution in [3.63, 3.8) is 0 Å². The summed E-state index contributed by atoms with van der Waals surface area (Å²) >= 11 is 1.51. The molecule has 3 rings (SSSR count). The van der Waals surface area contributed by atoms with E-state index in [9.17, 15) is 4.79 Å². The number of carbonyl (C=O) groups is 1. The largest absolute Gasteiger partial charge is 0.276 e. The minimum absolute atomic E-state index is 0.000260. The van der Waals surface area contributed by atoms with Gasteiger partial charge in [0.15, 0.2) is 0 Å². The van der Waals surface area contributed by atoms with Gasteiger partial charge in [-0.05, 0) is 31.2 Å². The van der Waals surface area contributed by atoms with Gasteiger partial charge in [0.05, 0.1) is 10.6 Å². The van der Waals surface area contributed by atoms with Crippen molar-refractivity contribution in [3.8, 4) is 0 Å². The van der Waals surface area contributed by atoms with Crippen LogP contribution in [0.3, 0.4) is 0 Å². The van der Waals surface area contributed by atoms with Gasteiger partial charge in [0.2, 0.25) is 0 Å². The highest BCUT2D eigenvalue weighted by atomic mass is 32.1. The Bertz CT molecular complexity index is 621. The maximum atomic E-state index is 12.3. The minimum atomic E-state index is 0.000260. The summed E-state index contributed by atoms with van der Waals surface area (Å²) in [5.74, 6) is 0.000260. The van der Waals surface area contributed by atoms with Crippen molar-refractivity contribution in [1.29, 1.82) is 0 Å². The first-order valence-electron chi connectivity index (χ1n) is 5.98. The van der Waals surface area contributed by atoms with Gasteiger partial charge in [-0.1, -0.05) is 18.2 Å². The summed E-state index contributed by atoms with van der Waals surface area (Å²) in [5.41, 5.74) is 0.983. The second-order valence-electron chi connectivity index (χ2n) is 4.29. The standard InChI is InChI=1S/C14H13N3OS/c1-11-7-8-13(19-11)14(18)16-9-15-17(10-16)12-5-3-2-4-6-12/h2-9H,10H2,1H3. The van der Waals surface area contributed by atoms with Gasteiger partial charge in [-0.3, -0.25) is 9.69 Å². The van der Waals surface area contributed by atoms with Crippen molar-refractivity contribution >= 4 is 29.3 Å². The van der Waals surface area contributed by atoms with E-state index in [-0.39, 0.29) is 5.91 Å². The van der Waals surface area contributed by atoms with E-state index in [4.69, 9.17) is 0 Å². The number of nitrogens with zero attached hydrogens (tertiary/aromatic N) is 3. The number of aryl methyl sites for hydroxylation is 1. The Kier molecular flexibility index (Phi) is 3.05. The first-order chi connectivity index (χ1) is 9.24. The molecule has 0 aliphatic carbocycles.